The molecule has 27 heavy (non-hydrogen) atoms. The SMILES string of the molecule is C[C@]12CC[C@@H]3c4ccc(C(F)(F)S(=O)(=O)O)cc4CC[C@H]3[C@@H]1CC/C2=C\O. The van der Waals surface area contributed by atoms with E-state index in [2.05, 4.69) is 6.92 Å². The van der Waals surface area contributed by atoms with Crippen LogP contribution in [0.2, 0.25) is 0 Å². The molecule has 0 aromatic heterocycles. The summed E-state index contributed by atoms with van der Waals surface area (Å²) in [6.45, 7) is 2.23. The second-order valence-electron chi connectivity index (χ2n) is 8.47. The monoisotopic (exact) mass is 398 g/mol. The van der Waals surface area contributed by atoms with Crippen LogP contribution in [0.3, 0.4) is 0 Å². The minimum atomic E-state index is -5.50. The van der Waals surface area contributed by atoms with Crippen molar-refractivity contribution in [2.24, 2.45) is 17.3 Å². The first kappa shape index (κ1) is 18.9. The first-order valence-corrected chi connectivity index (χ1v) is 10.9. The minimum absolute atomic E-state index is 0.0192. The summed E-state index contributed by atoms with van der Waals surface area (Å²) in [5, 5.41) is 5.30. The number of hydrogen-bond acceptors (Lipinski definition) is 3. The molecule has 4 rings (SSSR count). The van der Waals surface area contributed by atoms with Crippen molar-refractivity contribution in [2.45, 2.75) is 56.6 Å². The molecule has 2 N–H and O–H groups in total. The third kappa shape index (κ3) is 2.65. The fourth-order valence-electron chi connectivity index (χ4n) is 5.97. The molecular weight excluding hydrogens is 374 g/mol. The van der Waals surface area contributed by atoms with Gasteiger partial charge in [0.1, 0.15) is 0 Å². The van der Waals surface area contributed by atoms with E-state index in [0.29, 0.717) is 18.3 Å². The van der Waals surface area contributed by atoms with E-state index in [1.165, 1.54) is 12.3 Å². The number of allylic oxidation sites excluding steroid dienone is 1. The molecule has 4 nitrogen and oxygen atoms in total. The molecule has 148 valence electrons. The highest BCUT2D eigenvalue weighted by atomic mass is 32.2. The van der Waals surface area contributed by atoms with E-state index in [4.69, 9.17) is 4.55 Å². The van der Waals surface area contributed by atoms with E-state index in [1.54, 1.807) is 6.07 Å². The molecule has 0 radical (unpaired) electrons. The number of fused-ring (bicyclic) bond motifs is 5. The summed E-state index contributed by atoms with van der Waals surface area (Å²) in [4.78, 5) is 0. The fourth-order valence-corrected chi connectivity index (χ4v) is 6.40. The van der Waals surface area contributed by atoms with E-state index in [1.807, 2.05) is 0 Å². The van der Waals surface area contributed by atoms with Crippen molar-refractivity contribution in [3.05, 3.63) is 46.7 Å². The van der Waals surface area contributed by atoms with Crippen molar-refractivity contribution in [2.75, 3.05) is 0 Å². The van der Waals surface area contributed by atoms with E-state index < -0.39 is 20.9 Å². The Kier molecular flexibility index (Phi) is 4.20. The normalized spacial score (nSPS) is 34.8. The topological polar surface area (TPSA) is 74.6 Å². The molecular formula is C20H24F2O4S. The number of rotatable bonds is 2. The molecule has 3 aliphatic carbocycles. The molecule has 7 heteroatoms. The van der Waals surface area contributed by atoms with Crippen LogP contribution in [-0.4, -0.2) is 18.1 Å². The first-order valence-electron chi connectivity index (χ1n) is 9.41. The lowest BCUT2D eigenvalue weighted by molar-refractivity contribution is 0.0759. The van der Waals surface area contributed by atoms with Gasteiger partial charge in [0.25, 0.3) is 0 Å². The Labute approximate surface area is 158 Å². The smallest absolute Gasteiger partial charge is 0.395 e. The van der Waals surface area contributed by atoms with Gasteiger partial charge in [0.2, 0.25) is 0 Å². The van der Waals surface area contributed by atoms with Gasteiger partial charge in [-0.15, -0.1) is 0 Å². The second-order valence-corrected chi connectivity index (χ2v) is 9.93. The molecule has 0 heterocycles. The summed E-state index contributed by atoms with van der Waals surface area (Å²) in [6.07, 6.45) is 6.60. The minimum Gasteiger partial charge on any atom is -0.516 e. The standard InChI is InChI=1S/C20H24F2O4S/c1-19-9-8-16-15-6-3-13(20(21,22)27(24,25)26)10-12(15)2-5-17(16)18(19)7-4-14(19)11-23/h3,6,10-11,16-18,23H,2,4-5,7-9H2,1H3,(H,24,25,26)/b14-11+/t16-,17-,18+,19-/m1/s1. The zero-order valence-electron chi connectivity index (χ0n) is 15.2. The lowest BCUT2D eigenvalue weighted by Crippen LogP contribution is -2.40. The van der Waals surface area contributed by atoms with Gasteiger partial charge in [-0.1, -0.05) is 19.1 Å². The zero-order valence-corrected chi connectivity index (χ0v) is 16.0. The predicted molar refractivity (Wildman–Crippen MR) is 97.2 cm³/mol. The molecule has 1 aromatic rings. The van der Waals surface area contributed by atoms with Crippen molar-refractivity contribution >= 4 is 10.1 Å². The maximum atomic E-state index is 14.0. The second kappa shape index (κ2) is 6.01. The van der Waals surface area contributed by atoms with Gasteiger partial charge in [0.15, 0.2) is 0 Å². The molecule has 3 aliphatic rings. The molecule has 4 atom stereocenters. The van der Waals surface area contributed by atoms with Crippen LogP contribution in [0.4, 0.5) is 8.78 Å². The van der Waals surface area contributed by atoms with Crippen molar-refractivity contribution < 1.29 is 26.9 Å². The lowest BCUT2D eigenvalue weighted by atomic mass is 9.55. The summed E-state index contributed by atoms with van der Waals surface area (Å²) in [7, 11) is -5.50. The van der Waals surface area contributed by atoms with Gasteiger partial charge < -0.3 is 5.11 Å². The summed E-state index contributed by atoms with van der Waals surface area (Å²) in [5.41, 5.74) is 2.26. The van der Waals surface area contributed by atoms with Gasteiger partial charge in [-0.2, -0.15) is 17.2 Å². The number of aliphatic hydroxyl groups excluding tert-OH is 1. The Morgan fingerprint density at radius 1 is 1.22 bits per heavy atom. The third-order valence-corrected chi connectivity index (χ3v) is 8.27. The Morgan fingerprint density at radius 3 is 2.63 bits per heavy atom. The van der Waals surface area contributed by atoms with Crippen LogP contribution >= 0.6 is 0 Å². The van der Waals surface area contributed by atoms with Gasteiger partial charge in [0, 0.05) is 5.56 Å². The van der Waals surface area contributed by atoms with Crippen LogP contribution in [0.1, 0.15) is 61.6 Å². The summed E-state index contributed by atoms with van der Waals surface area (Å²) in [5.74, 6) is 1.20. The van der Waals surface area contributed by atoms with Crippen molar-refractivity contribution in [3.8, 4) is 0 Å². The van der Waals surface area contributed by atoms with Crippen LogP contribution in [0.25, 0.3) is 0 Å². The summed E-state index contributed by atoms with van der Waals surface area (Å²) < 4.78 is 59.0. The van der Waals surface area contributed by atoms with Gasteiger partial charge in [-0.3, -0.25) is 4.55 Å². The molecule has 2 saturated carbocycles. The number of hydrogen-bond donors (Lipinski definition) is 2. The Hall–Kier alpha value is -1.47. The number of aliphatic hydroxyl groups is 1. The predicted octanol–water partition coefficient (Wildman–Crippen LogP) is 4.92. The van der Waals surface area contributed by atoms with E-state index >= 15 is 0 Å². The number of aryl methyl sites for hydroxylation is 1. The van der Waals surface area contributed by atoms with Crippen molar-refractivity contribution in [1.29, 1.82) is 0 Å². The lowest BCUT2D eigenvalue weighted by Gasteiger charge is -2.49. The van der Waals surface area contributed by atoms with Gasteiger partial charge in [-0.25, -0.2) is 0 Å². The highest BCUT2D eigenvalue weighted by Crippen LogP contribution is 2.62. The van der Waals surface area contributed by atoms with E-state index in [0.717, 1.165) is 54.9 Å². The Balaban J connectivity index is 1.69. The third-order valence-electron chi connectivity index (χ3n) is 7.39. The first-order chi connectivity index (χ1) is 12.6. The molecule has 2 fully saturated rings. The largest absolute Gasteiger partial charge is 0.516 e. The maximum absolute atomic E-state index is 14.0. The average Bonchev–Trinajstić information content (AvgIpc) is 2.96. The van der Waals surface area contributed by atoms with E-state index in [9.17, 15) is 22.3 Å². The number of halogens is 2. The van der Waals surface area contributed by atoms with Gasteiger partial charge >= 0.3 is 15.4 Å². The molecule has 0 bridgehead atoms. The molecule has 1 aromatic carbocycles. The van der Waals surface area contributed by atoms with Crippen molar-refractivity contribution in [1.82, 2.24) is 0 Å². The number of benzene rings is 1. The van der Waals surface area contributed by atoms with Crippen LogP contribution < -0.4 is 0 Å². The average molecular weight is 398 g/mol. The Bertz CT molecular complexity index is 909. The van der Waals surface area contributed by atoms with Gasteiger partial charge in [-0.05, 0) is 84.5 Å². The highest BCUT2D eigenvalue weighted by molar-refractivity contribution is 7.86. The van der Waals surface area contributed by atoms with Crippen LogP contribution in [0.5, 0.6) is 0 Å². The van der Waals surface area contributed by atoms with Crippen LogP contribution in [0, 0.1) is 17.3 Å². The fraction of sp³-hybridized carbons (Fsp3) is 0.600. The quantitative estimate of drug-likeness (QED) is 0.548. The van der Waals surface area contributed by atoms with E-state index in [-0.39, 0.29) is 11.3 Å². The summed E-state index contributed by atoms with van der Waals surface area (Å²) in [6, 6.07) is 4.01. The highest BCUT2D eigenvalue weighted by Gasteiger charge is 2.53. The molecule has 0 unspecified atom stereocenters. The van der Waals surface area contributed by atoms with Crippen LogP contribution in [-0.2, 0) is 21.8 Å². The molecule has 0 amide bonds. The molecule has 0 saturated heterocycles. The number of alkyl halides is 2. The maximum Gasteiger partial charge on any atom is 0.395 e. The molecule has 0 aliphatic heterocycles. The Morgan fingerprint density at radius 2 is 1.96 bits per heavy atom. The zero-order chi connectivity index (χ0) is 19.6. The van der Waals surface area contributed by atoms with Gasteiger partial charge in [0.05, 0.1) is 6.26 Å². The van der Waals surface area contributed by atoms with Crippen LogP contribution in [0.15, 0.2) is 30.0 Å². The summed E-state index contributed by atoms with van der Waals surface area (Å²) >= 11 is 0. The molecule has 0 spiro atoms. The van der Waals surface area contributed by atoms with Crippen molar-refractivity contribution in [3.63, 3.8) is 0 Å².